The van der Waals surface area contributed by atoms with Crippen molar-refractivity contribution in [1.82, 2.24) is 4.98 Å². The van der Waals surface area contributed by atoms with Gasteiger partial charge in [-0.05, 0) is 18.2 Å². The standard InChI is InChI=1S/C11H9NO2S/c1-2-10-12-8(6-15-10)7-4-3-5-9(13)11(7)14/h2-6,13-14H,1H2. The third-order valence-corrected chi connectivity index (χ3v) is 2.83. The van der Waals surface area contributed by atoms with Crippen molar-refractivity contribution in [3.8, 4) is 22.8 Å². The number of hydrogen-bond acceptors (Lipinski definition) is 4. The summed E-state index contributed by atoms with van der Waals surface area (Å²) in [6, 6.07) is 4.80. The van der Waals surface area contributed by atoms with Gasteiger partial charge < -0.3 is 10.2 Å². The molecular weight excluding hydrogens is 210 g/mol. The zero-order valence-corrected chi connectivity index (χ0v) is 8.66. The van der Waals surface area contributed by atoms with Crippen LogP contribution in [-0.4, -0.2) is 15.2 Å². The molecule has 3 nitrogen and oxygen atoms in total. The van der Waals surface area contributed by atoms with Crippen LogP contribution in [0.15, 0.2) is 30.2 Å². The maximum absolute atomic E-state index is 9.62. The van der Waals surface area contributed by atoms with Crippen LogP contribution in [0.5, 0.6) is 11.5 Å². The van der Waals surface area contributed by atoms with Crippen molar-refractivity contribution in [2.24, 2.45) is 0 Å². The molecule has 0 radical (unpaired) electrons. The highest BCUT2D eigenvalue weighted by Gasteiger charge is 2.10. The van der Waals surface area contributed by atoms with E-state index in [1.807, 2.05) is 5.38 Å². The van der Waals surface area contributed by atoms with E-state index in [1.165, 1.54) is 17.4 Å². The van der Waals surface area contributed by atoms with E-state index in [2.05, 4.69) is 11.6 Å². The molecule has 0 spiro atoms. The van der Waals surface area contributed by atoms with Crippen LogP contribution in [0.4, 0.5) is 0 Å². The van der Waals surface area contributed by atoms with Crippen molar-refractivity contribution in [3.05, 3.63) is 35.2 Å². The molecule has 0 fully saturated rings. The molecule has 2 N–H and O–H groups in total. The van der Waals surface area contributed by atoms with E-state index < -0.39 is 0 Å². The van der Waals surface area contributed by atoms with Crippen LogP contribution in [-0.2, 0) is 0 Å². The number of thiazole rings is 1. The minimum Gasteiger partial charge on any atom is -0.504 e. The monoisotopic (exact) mass is 219 g/mol. The van der Waals surface area contributed by atoms with E-state index >= 15 is 0 Å². The summed E-state index contributed by atoms with van der Waals surface area (Å²) < 4.78 is 0. The number of nitrogens with zero attached hydrogens (tertiary/aromatic N) is 1. The normalized spacial score (nSPS) is 10.1. The summed E-state index contributed by atoms with van der Waals surface area (Å²) in [4.78, 5) is 4.23. The largest absolute Gasteiger partial charge is 0.504 e. The lowest BCUT2D eigenvalue weighted by Gasteiger charge is -2.02. The molecule has 0 saturated carbocycles. The van der Waals surface area contributed by atoms with Gasteiger partial charge in [0.25, 0.3) is 0 Å². The van der Waals surface area contributed by atoms with Crippen LogP contribution in [0, 0.1) is 0 Å². The topological polar surface area (TPSA) is 53.4 Å². The molecule has 4 heteroatoms. The van der Waals surface area contributed by atoms with Crippen LogP contribution in [0.25, 0.3) is 17.3 Å². The second-order valence-electron chi connectivity index (χ2n) is 2.95. The number of hydrogen-bond donors (Lipinski definition) is 2. The summed E-state index contributed by atoms with van der Waals surface area (Å²) in [5.74, 6) is -0.279. The van der Waals surface area contributed by atoms with Gasteiger partial charge in [-0.2, -0.15) is 0 Å². The molecular formula is C11H9NO2S. The van der Waals surface area contributed by atoms with Crippen molar-refractivity contribution in [1.29, 1.82) is 0 Å². The van der Waals surface area contributed by atoms with Crippen LogP contribution in [0.3, 0.4) is 0 Å². The molecule has 0 aliphatic rings. The summed E-state index contributed by atoms with van der Waals surface area (Å²) >= 11 is 1.44. The van der Waals surface area contributed by atoms with Gasteiger partial charge in [0.1, 0.15) is 5.01 Å². The molecule has 15 heavy (non-hydrogen) atoms. The maximum atomic E-state index is 9.62. The second-order valence-corrected chi connectivity index (χ2v) is 3.84. The quantitative estimate of drug-likeness (QED) is 0.763. The Bertz CT molecular complexity index is 505. The number of phenolic OH excluding ortho intramolecular Hbond substituents is 2. The van der Waals surface area contributed by atoms with Crippen LogP contribution in [0.2, 0.25) is 0 Å². The van der Waals surface area contributed by atoms with Gasteiger partial charge in [-0.3, -0.25) is 0 Å². The first-order valence-corrected chi connectivity index (χ1v) is 5.19. The fraction of sp³-hybridized carbons (Fsp3) is 0. The molecule has 0 atom stereocenters. The predicted molar refractivity (Wildman–Crippen MR) is 61.0 cm³/mol. The minimum absolute atomic E-state index is 0.138. The molecule has 76 valence electrons. The number of para-hydroxylation sites is 1. The smallest absolute Gasteiger partial charge is 0.167 e. The Balaban J connectivity index is 2.53. The molecule has 0 amide bonds. The van der Waals surface area contributed by atoms with E-state index in [0.717, 1.165) is 5.01 Å². The van der Waals surface area contributed by atoms with E-state index in [1.54, 1.807) is 18.2 Å². The van der Waals surface area contributed by atoms with Gasteiger partial charge in [-0.25, -0.2) is 4.98 Å². The highest BCUT2D eigenvalue weighted by molar-refractivity contribution is 7.10. The average molecular weight is 219 g/mol. The Kier molecular flexibility index (Phi) is 2.43. The van der Waals surface area contributed by atoms with Gasteiger partial charge >= 0.3 is 0 Å². The summed E-state index contributed by atoms with van der Waals surface area (Å²) in [5, 5.41) is 21.5. The Hall–Kier alpha value is -1.81. The highest BCUT2D eigenvalue weighted by Crippen LogP contribution is 2.36. The lowest BCUT2D eigenvalue weighted by molar-refractivity contribution is 0.405. The third-order valence-electron chi connectivity index (χ3n) is 1.99. The van der Waals surface area contributed by atoms with Crippen molar-refractivity contribution in [2.45, 2.75) is 0 Å². The Morgan fingerprint density at radius 1 is 1.33 bits per heavy atom. The lowest BCUT2D eigenvalue weighted by Crippen LogP contribution is -1.79. The lowest BCUT2D eigenvalue weighted by atomic mass is 10.1. The van der Waals surface area contributed by atoms with Gasteiger partial charge in [0.05, 0.1) is 5.69 Å². The van der Waals surface area contributed by atoms with Crippen LogP contribution in [0.1, 0.15) is 5.01 Å². The van der Waals surface area contributed by atoms with Crippen molar-refractivity contribution < 1.29 is 10.2 Å². The van der Waals surface area contributed by atoms with Crippen LogP contribution < -0.4 is 0 Å². The highest BCUT2D eigenvalue weighted by atomic mass is 32.1. The Labute approximate surface area is 91.0 Å². The first-order chi connectivity index (χ1) is 7.22. The van der Waals surface area contributed by atoms with Gasteiger partial charge in [-0.15, -0.1) is 11.3 Å². The number of aromatic hydroxyl groups is 2. The zero-order valence-electron chi connectivity index (χ0n) is 7.84. The number of phenols is 2. The molecule has 1 heterocycles. The Morgan fingerprint density at radius 3 is 2.80 bits per heavy atom. The third kappa shape index (κ3) is 1.71. The first kappa shape index (κ1) is 9.73. The van der Waals surface area contributed by atoms with Gasteiger partial charge in [0.2, 0.25) is 0 Å². The predicted octanol–water partition coefficient (Wildman–Crippen LogP) is 2.86. The number of rotatable bonds is 2. The SMILES string of the molecule is C=Cc1nc(-c2cccc(O)c2O)cs1. The van der Waals surface area contributed by atoms with Crippen molar-refractivity contribution in [2.75, 3.05) is 0 Å². The first-order valence-electron chi connectivity index (χ1n) is 4.31. The molecule has 1 aromatic carbocycles. The number of benzene rings is 1. The molecule has 0 bridgehead atoms. The van der Waals surface area contributed by atoms with Crippen molar-refractivity contribution >= 4 is 17.4 Å². The van der Waals surface area contributed by atoms with E-state index in [4.69, 9.17) is 0 Å². The summed E-state index contributed by atoms with van der Waals surface area (Å²) in [7, 11) is 0. The molecule has 0 aliphatic carbocycles. The minimum atomic E-state index is -0.140. The fourth-order valence-electron chi connectivity index (χ4n) is 1.24. The summed E-state index contributed by atoms with van der Waals surface area (Å²) in [6.07, 6.45) is 1.65. The zero-order chi connectivity index (χ0) is 10.8. The second kappa shape index (κ2) is 3.74. The Morgan fingerprint density at radius 2 is 2.13 bits per heavy atom. The summed E-state index contributed by atoms with van der Waals surface area (Å²) in [6.45, 7) is 3.61. The van der Waals surface area contributed by atoms with Crippen molar-refractivity contribution in [3.63, 3.8) is 0 Å². The molecule has 0 saturated heterocycles. The van der Waals surface area contributed by atoms with Gasteiger partial charge in [0, 0.05) is 10.9 Å². The van der Waals surface area contributed by atoms with Gasteiger partial charge in [0.15, 0.2) is 11.5 Å². The van der Waals surface area contributed by atoms with Crippen LogP contribution >= 0.6 is 11.3 Å². The molecule has 2 rings (SSSR count). The molecule has 2 aromatic rings. The van der Waals surface area contributed by atoms with E-state index in [-0.39, 0.29) is 11.5 Å². The van der Waals surface area contributed by atoms with E-state index in [9.17, 15) is 10.2 Å². The molecule has 0 aliphatic heterocycles. The average Bonchev–Trinajstić information content (AvgIpc) is 2.70. The molecule has 1 aromatic heterocycles. The number of aromatic nitrogens is 1. The van der Waals surface area contributed by atoms with E-state index in [0.29, 0.717) is 11.3 Å². The molecule has 0 unspecified atom stereocenters. The van der Waals surface area contributed by atoms with Gasteiger partial charge in [-0.1, -0.05) is 12.6 Å². The summed E-state index contributed by atoms with van der Waals surface area (Å²) in [5.41, 5.74) is 1.17. The maximum Gasteiger partial charge on any atom is 0.167 e. The fourth-order valence-corrected chi connectivity index (χ4v) is 1.90.